The van der Waals surface area contributed by atoms with Gasteiger partial charge in [0.05, 0.1) is 6.33 Å². The zero-order chi connectivity index (χ0) is 28.0. The van der Waals surface area contributed by atoms with Crippen molar-refractivity contribution in [3.05, 3.63) is 12.0 Å². The van der Waals surface area contributed by atoms with Crippen molar-refractivity contribution in [1.29, 1.82) is 0 Å². The minimum Gasteiger partial charge on any atom is -0.446 e. The Balaban J connectivity index is 1.10. The third-order valence-corrected chi connectivity index (χ3v) is 8.52. The molecular formula is C27H37N7O6. The number of nitrogens with two attached hydrogens (primary N) is 1. The predicted molar refractivity (Wildman–Crippen MR) is 142 cm³/mol. The molecule has 5 atom stereocenters. The number of aliphatic imine (C=N–C) groups is 1. The van der Waals surface area contributed by atoms with Crippen molar-refractivity contribution in [3.8, 4) is 11.8 Å². The lowest BCUT2D eigenvalue weighted by atomic mass is 9.94. The highest BCUT2D eigenvalue weighted by Gasteiger charge is 2.49. The number of piperidine rings is 1. The molecule has 5 aliphatic rings. The van der Waals surface area contributed by atoms with E-state index in [0.717, 1.165) is 44.9 Å². The molecule has 2 saturated heterocycles. The Kier molecular flexibility index (Phi) is 7.43. The quantitative estimate of drug-likeness (QED) is 0.378. The molecule has 5 N–H and O–H groups in total. The Bertz CT molecular complexity index is 1220. The summed E-state index contributed by atoms with van der Waals surface area (Å²) < 4.78 is 12.8. The first-order chi connectivity index (χ1) is 19.3. The van der Waals surface area contributed by atoms with E-state index in [2.05, 4.69) is 27.1 Å². The summed E-state index contributed by atoms with van der Waals surface area (Å²) in [6.45, 7) is 1.34. The molecule has 6 rings (SSSR count). The summed E-state index contributed by atoms with van der Waals surface area (Å²) in [6, 6.07) is 0.0979. The molecule has 1 aromatic rings. The van der Waals surface area contributed by atoms with Gasteiger partial charge in [0.25, 0.3) is 5.91 Å². The molecule has 3 unspecified atom stereocenters. The van der Waals surface area contributed by atoms with Crippen LogP contribution >= 0.6 is 0 Å². The van der Waals surface area contributed by atoms with Crippen LogP contribution in [0.15, 0.2) is 11.3 Å². The van der Waals surface area contributed by atoms with Gasteiger partial charge in [0, 0.05) is 32.6 Å². The van der Waals surface area contributed by atoms with Crippen LogP contribution in [0.3, 0.4) is 0 Å². The molecule has 13 nitrogen and oxygen atoms in total. The van der Waals surface area contributed by atoms with Crippen LogP contribution in [0.2, 0.25) is 0 Å². The number of aliphatic hydroxyl groups excluding tert-OH is 2. The molecule has 4 heterocycles. The van der Waals surface area contributed by atoms with Crippen molar-refractivity contribution in [2.75, 3.05) is 20.1 Å². The van der Waals surface area contributed by atoms with Crippen LogP contribution < -0.4 is 11.1 Å². The van der Waals surface area contributed by atoms with Gasteiger partial charge in [-0.05, 0) is 56.8 Å². The standard InChI is InChI=1S/C27H37N7O6/c1-32-18(7-2-4-15-10-12-33(13-11-15)27(38)39-17-5-3-6-17)31-24-19(23(32)28)29-14-34(24)26-21(36)20(35)22(40-26)25(37)30-16-8-9-16/h14-17,20-23,26,35-36H,3-6,8-13,28H2,1H3,(H,30,37)/t20?,21?,22-,23?,26+/m0/s1. The van der Waals surface area contributed by atoms with Crippen molar-refractivity contribution in [2.45, 2.75) is 94.2 Å². The number of likely N-dealkylation sites (tertiary alicyclic amines) is 1. The van der Waals surface area contributed by atoms with E-state index < -0.39 is 36.6 Å². The molecule has 0 bridgehead atoms. The fraction of sp³-hybridized carbons (Fsp3) is 0.704. The summed E-state index contributed by atoms with van der Waals surface area (Å²) >= 11 is 0. The van der Waals surface area contributed by atoms with E-state index in [4.69, 9.17) is 15.2 Å². The normalized spacial score (nSPS) is 30.6. The number of imidazole rings is 1. The first-order valence-electron chi connectivity index (χ1n) is 14.2. The highest BCUT2D eigenvalue weighted by molar-refractivity contribution is 6.01. The SMILES string of the molecule is CN1C(C#CCC2CCN(C(=O)OC3CCC3)CC2)=Nc2c(ncn2[C@@H]2O[C@H](C(=O)NC3CC3)C(O)C2O)C1N. The second kappa shape index (κ2) is 11.0. The topological polar surface area (TPSA) is 168 Å². The molecule has 2 amide bonds. The number of aliphatic hydroxyl groups is 2. The van der Waals surface area contributed by atoms with Gasteiger partial charge < -0.3 is 40.5 Å². The lowest BCUT2D eigenvalue weighted by Crippen LogP contribution is -2.43. The van der Waals surface area contributed by atoms with Gasteiger partial charge >= 0.3 is 6.09 Å². The van der Waals surface area contributed by atoms with Gasteiger partial charge in [0.1, 0.15) is 30.2 Å². The van der Waals surface area contributed by atoms with Crippen molar-refractivity contribution in [2.24, 2.45) is 16.6 Å². The molecule has 2 saturated carbocycles. The molecule has 40 heavy (non-hydrogen) atoms. The zero-order valence-corrected chi connectivity index (χ0v) is 22.6. The fourth-order valence-corrected chi connectivity index (χ4v) is 5.41. The van der Waals surface area contributed by atoms with Crippen molar-refractivity contribution >= 4 is 23.7 Å². The van der Waals surface area contributed by atoms with E-state index in [9.17, 15) is 19.8 Å². The van der Waals surface area contributed by atoms with Crippen molar-refractivity contribution < 1.29 is 29.3 Å². The molecule has 1 aromatic heterocycles. The van der Waals surface area contributed by atoms with Crippen LogP contribution in [0.25, 0.3) is 0 Å². The molecule has 4 fully saturated rings. The van der Waals surface area contributed by atoms with Gasteiger partial charge in [-0.15, -0.1) is 0 Å². The average molecular weight is 556 g/mol. The lowest BCUT2D eigenvalue weighted by molar-refractivity contribution is -0.137. The Morgan fingerprint density at radius 3 is 2.60 bits per heavy atom. The lowest BCUT2D eigenvalue weighted by Gasteiger charge is -2.33. The van der Waals surface area contributed by atoms with E-state index in [-0.39, 0.29) is 18.2 Å². The highest BCUT2D eigenvalue weighted by Crippen LogP contribution is 2.38. The molecule has 0 aromatic carbocycles. The second-order valence-electron chi connectivity index (χ2n) is 11.4. The van der Waals surface area contributed by atoms with Gasteiger partial charge in [-0.2, -0.15) is 0 Å². The summed E-state index contributed by atoms with van der Waals surface area (Å²) in [5.74, 6) is 7.09. The van der Waals surface area contributed by atoms with Crippen LogP contribution in [0.1, 0.15) is 69.5 Å². The number of carbonyl (C=O) groups excluding carboxylic acids is 2. The molecule has 2 aliphatic carbocycles. The third-order valence-electron chi connectivity index (χ3n) is 8.52. The van der Waals surface area contributed by atoms with E-state index in [1.807, 2.05) is 0 Å². The van der Waals surface area contributed by atoms with Gasteiger partial charge in [0.15, 0.2) is 24.0 Å². The summed E-state index contributed by atoms with van der Waals surface area (Å²) in [5, 5.41) is 24.1. The van der Waals surface area contributed by atoms with Crippen LogP contribution in [-0.2, 0) is 14.3 Å². The first kappa shape index (κ1) is 27.0. The summed E-state index contributed by atoms with van der Waals surface area (Å²) in [5.41, 5.74) is 6.91. The van der Waals surface area contributed by atoms with E-state index >= 15 is 0 Å². The summed E-state index contributed by atoms with van der Waals surface area (Å²) in [4.78, 5) is 37.4. The number of aromatic nitrogens is 2. The van der Waals surface area contributed by atoms with Gasteiger partial charge in [-0.3, -0.25) is 9.36 Å². The van der Waals surface area contributed by atoms with Gasteiger partial charge in [0.2, 0.25) is 0 Å². The zero-order valence-electron chi connectivity index (χ0n) is 22.6. The Hall–Kier alpha value is -3.18. The Labute approximate surface area is 232 Å². The van der Waals surface area contributed by atoms with Gasteiger partial charge in [-0.1, -0.05) is 5.92 Å². The van der Waals surface area contributed by atoms with Crippen LogP contribution in [0.5, 0.6) is 0 Å². The number of nitrogens with zero attached hydrogens (tertiary/aromatic N) is 5. The summed E-state index contributed by atoms with van der Waals surface area (Å²) in [7, 11) is 1.79. The van der Waals surface area contributed by atoms with Crippen LogP contribution in [-0.4, -0.2) is 98.0 Å². The monoisotopic (exact) mass is 555 g/mol. The first-order valence-corrected chi connectivity index (χ1v) is 14.2. The number of nitrogens with one attached hydrogen (secondary N) is 1. The molecule has 0 spiro atoms. The minimum absolute atomic E-state index is 0.0920. The molecule has 0 radical (unpaired) electrons. The fourth-order valence-electron chi connectivity index (χ4n) is 5.41. The van der Waals surface area contributed by atoms with Crippen LogP contribution in [0.4, 0.5) is 10.6 Å². The smallest absolute Gasteiger partial charge is 0.410 e. The van der Waals surface area contributed by atoms with Crippen molar-refractivity contribution in [1.82, 2.24) is 24.7 Å². The minimum atomic E-state index is -1.39. The number of rotatable bonds is 5. The van der Waals surface area contributed by atoms with E-state index in [0.29, 0.717) is 42.8 Å². The number of amides is 2. The van der Waals surface area contributed by atoms with Crippen LogP contribution in [0, 0.1) is 17.8 Å². The molecule has 3 aliphatic heterocycles. The second-order valence-corrected chi connectivity index (χ2v) is 11.4. The maximum Gasteiger partial charge on any atom is 0.410 e. The number of fused-ring (bicyclic) bond motifs is 1. The maximum atomic E-state index is 12.5. The number of hydrogen-bond donors (Lipinski definition) is 4. The van der Waals surface area contributed by atoms with E-state index in [1.54, 1.807) is 16.8 Å². The largest absolute Gasteiger partial charge is 0.446 e. The Morgan fingerprint density at radius 1 is 1.18 bits per heavy atom. The van der Waals surface area contributed by atoms with E-state index in [1.165, 1.54) is 10.9 Å². The third kappa shape index (κ3) is 5.28. The molecule has 216 valence electrons. The van der Waals surface area contributed by atoms with Gasteiger partial charge in [-0.25, -0.2) is 14.8 Å². The summed E-state index contributed by atoms with van der Waals surface area (Å²) in [6.07, 6.45) is 2.96. The molecular weight excluding hydrogens is 518 g/mol. The number of ether oxygens (including phenoxy) is 2. The number of carbonyl (C=O) groups is 2. The predicted octanol–water partition coefficient (Wildman–Crippen LogP) is 0.508. The number of amidine groups is 1. The maximum absolute atomic E-state index is 12.5. The van der Waals surface area contributed by atoms with Crippen molar-refractivity contribution in [3.63, 3.8) is 0 Å². The highest BCUT2D eigenvalue weighted by atomic mass is 16.6. The molecule has 13 heteroatoms. The average Bonchev–Trinajstić information content (AvgIpc) is 3.56. The number of hydrogen-bond acceptors (Lipinski definition) is 10. The Morgan fingerprint density at radius 2 is 1.93 bits per heavy atom.